The third-order valence-electron chi connectivity index (χ3n) is 26.7. The zero-order valence-electron chi connectivity index (χ0n) is 80.5. The molecular formula is C83H137N7O59. The van der Waals surface area contributed by atoms with Gasteiger partial charge in [-0.25, -0.2) is 4.79 Å². The Morgan fingerprint density at radius 2 is 0.564 bits per heavy atom. The van der Waals surface area contributed by atoms with E-state index in [9.17, 15) is 192 Å². The summed E-state index contributed by atoms with van der Waals surface area (Å²) in [6.07, 6.45) is -109. The highest BCUT2D eigenvalue weighted by Crippen LogP contribution is 2.43. The zero-order valence-corrected chi connectivity index (χ0v) is 80.5. The summed E-state index contributed by atoms with van der Waals surface area (Å²) in [6.45, 7) is -6.99. The molecule has 11 fully saturated rings. The van der Waals surface area contributed by atoms with Crippen LogP contribution in [0.25, 0.3) is 0 Å². The highest BCUT2D eigenvalue weighted by Gasteiger charge is 2.64. The number of hydrogen-bond donors (Lipinski definition) is 37. The predicted molar refractivity (Wildman–Crippen MR) is 461 cm³/mol. The van der Waals surface area contributed by atoms with Crippen LogP contribution in [0.1, 0.15) is 54.9 Å². The Morgan fingerprint density at radius 3 is 0.973 bits per heavy atom. The van der Waals surface area contributed by atoms with Gasteiger partial charge in [-0.05, 0) is 0 Å². The molecule has 11 saturated heterocycles. The standard InChI is InChI=1S/C83H137N7O59/c1-20(99)84-39-27(106)8-83(82(127)128,149-68(39)46(108)28(107)9-91)131-19-38-50(112)59(121)61(123)78(140-38)144-65-33(14-96)137-77(45(58(65)120)90-26(7)105)148-71-62(124)67(143-74-42(87-23(4)102)54(116)48(110)30(11-93)134-74)35(16-98)138-81(71)146-69-52(114)37(139-79(63(69)125)145-66-34(15-97)136-76(44(57(66)119)89-25(6)104)142-64-32(13-95)132-72(126)40(56(64)118)85-21(2)100)18-130-80-70(147-75-43(88-24(5)103)55(117)49(111)31(12-94)135-75)60(122)51(113)36(141-80)17-129-73-41(86-22(3)101)53(115)47(109)29(10-92)133-73/h27-81,91-98,106-126H,8-19H2,1-7H3,(H,84,99)(H,85,100)(H,86,101)(H,87,102)(H,88,103)(H,89,104)(H,90,105)(H,127,128)/t27-,28+,29+,30+,31+,32+,33+,34+,35+,36+,37+,38+,39+,40+,41+,42+,43+,44+,45+,46+,47+,48+,49+,50-,51+,52+,53+,54+,55+,56+,57+,58+,59-,60-,61+,62-,63-,64+,65+,66+,67+,68+,69-,70-,71-,72+,73+,74-,75-,76-,77-,78-,79-,80-,81+,83+/m0/s1. The summed E-state index contributed by atoms with van der Waals surface area (Å²) in [5, 5.41) is 358. The lowest BCUT2D eigenvalue weighted by Crippen LogP contribution is -2.71. The molecule has 0 radical (unpaired) electrons. The normalized spacial score (nSPS) is 46.2. The van der Waals surface area contributed by atoms with E-state index in [4.69, 9.17) is 99.5 Å². The molecule has 0 bridgehead atoms. The van der Waals surface area contributed by atoms with Gasteiger partial charge in [-0.1, -0.05) is 0 Å². The van der Waals surface area contributed by atoms with Crippen molar-refractivity contribution in [3.8, 4) is 0 Å². The zero-order chi connectivity index (χ0) is 110. The van der Waals surface area contributed by atoms with Gasteiger partial charge >= 0.3 is 5.97 Å². The maximum Gasteiger partial charge on any atom is 0.364 e. The smallest absolute Gasteiger partial charge is 0.364 e. The van der Waals surface area contributed by atoms with Crippen LogP contribution in [0.5, 0.6) is 0 Å². The minimum absolute atomic E-state index is 0.813. The fourth-order valence-electron chi connectivity index (χ4n) is 19.1. The van der Waals surface area contributed by atoms with Gasteiger partial charge in [-0.3, -0.25) is 33.6 Å². The molecule has 0 unspecified atom stereocenters. The van der Waals surface area contributed by atoms with Gasteiger partial charge in [-0.2, -0.15) is 0 Å². The molecule has 11 aliphatic rings. The number of carboxylic acid groups (broad SMARTS) is 1. The lowest BCUT2D eigenvalue weighted by molar-refractivity contribution is -0.405. The number of amides is 7. The molecule has 11 heterocycles. The second kappa shape index (κ2) is 53.7. The molecule has 0 aromatic carbocycles. The van der Waals surface area contributed by atoms with Crippen LogP contribution in [0.4, 0.5) is 0 Å². The Hall–Kier alpha value is -6.24. The van der Waals surface area contributed by atoms with Crippen LogP contribution in [-0.4, -0.2) is 616 Å². The summed E-state index contributed by atoms with van der Waals surface area (Å²) in [5.41, 5.74) is 0. The van der Waals surface area contributed by atoms with Crippen LogP contribution in [0.3, 0.4) is 0 Å². The quantitative estimate of drug-likeness (QED) is 0.0270. The molecule has 11 aliphatic heterocycles. The number of carbonyl (C=O) groups excluding carboxylic acids is 7. The van der Waals surface area contributed by atoms with Crippen molar-refractivity contribution in [2.75, 3.05) is 72.7 Å². The van der Waals surface area contributed by atoms with Gasteiger partial charge in [0, 0.05) is 54.9 Å². The van der Waals surface area contributed by atoms with Crippen LogP contribution in [0, 0.1) is 0 Å². The van der Waals surface area contributed by atoms with E-state index in [-0.39, 0.29) is 0 Å². The molecule has 858 valence electrons. The molecule has 11 rings (SSSR count). The molecule has 0 aromatic heterocycles. The molecule has 56 atom stereocenters. The largest absolute Gasteiger partial charge is 0.477 e. The van der Waals surface area contributed by atoms with Crippen molar-refractivity contribution < 1.29 is 291 Å². The van der Waals surface area contributed by atoms with Gasteiger partial charge in [0.1, 0.15) is 262 Å². The third kappa shape index (κ3) is 28.1. The Labute approximate surface area is 843 Å². The molecule has 66 heteroatoms. The molecule has 37 N–H and O–H groups in total. The van der Waals surface area contributed by atoms with Gasteiger partial charge < -0.3 is 290 Å². The van der Waals surface area contributed by atoms with E-state index in [1.807, 2.05) is 0 Å². The Bertz CT molecular complexity index is 4300. The summed E-state index contributed by atoms with van der Waals surface area (Å²) < 4.78 is 127. The van der Waals surface area contributed by atoms with Gasteiger partial charge in [0.2, 0.25) is 41.4 Å². The van der Waals surface area contributed by atoms with Crippen molar-refractivity contribution in [1.82, 2.24) is 37.2 Å². The topological polar surface area (TPSA) is 1020 Å². The minimum Gasteiger partial charge on any atom is -0.477 e. The van der Waals surface area contributed by atoms with Crippen molar-refractivity contribution in [1.29, 1.82) is 0 Å². The van der Waals surface area contributed by atoms with Gasteiger partial charge in [0.15, 0.2) is 62.9 Å². The maximum atomic E-state index is 13.6. The molecule has 0 aromatic rings. The van der Waals surface area contributed by atoms with E-state index in [1.165, 1.54) is 0 Å². The number of nitrogens with one attached hydrogen (secondary N) is 7. The van der Waals surface area contributed by atoms with Crippen molar-refractivity contribution in [2.45, 2.75) is 398 Å². The number of aliphatic hydroxyl groups is 29. The maximum absolute atomic E-state index is 13.6. The first-order valence-corrected chi connectivity index (χ1v) is 47.2. The number of rotatable bonds is 41. The summed E-state index contributed by atoms with van der Waals surface area (Å²) in [7, 11) is 0. The van der Waals surface area contributed by atoms with Gasteiger partial charge in [0.05, 0.1) is 84.8 Å². The highest BCUT2D eigenvalue weighted by atomic mass is 16.8. The second-order valence-electron chi connectivity index (χ2n) is 37.5. The first kappa shape index (κ1) is 123. The number of aliphatic hydroxyl groups excluding tert-OH is 29. The van der Waals surface area contributed by atoms with E-state index < -0.39 is 469 Å². The first-order valence-electron chi connectivity index (χ1n) is 47.2. The van der Waals surface area contributed by atoms with E-state index >= 15 is 0 Å². The number of ether oxygens (including phenoxy) is 21. The molecule has 0 aliphatic carbocycles. The van der Waals surface area contributed by atoms with Crippen LogP contribution < -0.4 is 37.2 Å². The Morgan fingerprint density at radius 1 is 0.275 bits per heavy atom. The van der Waals surface area contributed by atoms with Crippen LogP contribution in [-0.2, 0) is 138 Å². The first-order chi connectivity index (χ1) is 70.3. The summed E-state index contributed by atoms with van der Waals surface area (Å²) in [4.78, 5) is 103. The van der Waals surface area contributed by atoms with E-state index in [0.717, 1.165) is 48.5 Å². The van der Waals surface area contributed by atoms with Crippen molar-refractivity contribution in [3.63, 3.8) is 0 Å². The number of hydrogen-bond acceptors (Lipinski definition) is 58. The molecule has 7 amide bonds. The van der Waals surface area contributed by atoms with E-state index in [2.05, 4.69) is 37.2 Å². The lowest BCUT2D eigenvalue weighted by Gasteiger charge is -2.52. The Balaban J connectivity index is 0.990. The average molecular weight is 2180 g/mol. The van der Waals surface area contributed by atoms with E-state index in [0.29, 0.717) is 0 Å². The molecular weight excluding hydrogens is 2040 g/mol. The molecule has 0 spiro atoms. The fourth-order valence-corrected chi connectivity index (χ4v) is 19.1. The van der Waals surface area contributed by atoms with Gasteiger partial charge in [-0.15, -0.1) is 0 Å². The van der Waals surface area contributed by atoms with Crippen molar-refractivity contribution in [3.05, 3.63) is 0 Å². The SMILES string of the molecule is CC(=O)N[C@@H]1[C@@H](O)[C@H](O[C@@H]2O[C@H](CO)[C@@H](O[C@@H]3O[C@H](CO[C@H]4O[C@H](CO[C@@H]5O[C@H](CO)[C@@H](O)[C@H](O)[C@H]5NC(C)=O)[C@@H](O)[C@H](O)[C@@H]4O[C@@H]4O[C@H](CO)[C@@H](O)[C@H](O)[C@H]4NC(C)=O)[C@@H](O)[C@H](O[C@H]4O[C@H](CO)[C@@H](O[C@@H]5O[C@H](CO)[C@@H](O)[C@H](O)[C@H]5NC(C)=O)[C@H](O)[C@@H]4O[C@@H]4O[C@H](CO)[C@@H](O[C@@H]5O[C@H](CO[C@]6(C(=O)O)C[C@H](O)[C@@H](NC(C)=O)[C@H]([C@H](O)[C@H](O)CO)O6)[C@H](O)[C@H](O)[C@H]5O)[C@H](O)[C@H]4NC(C)=O)[C@@H]3O)[C@H](O)[C@H]2NC(C)=O)[C@@H](CO)O[C@H]1O. The molecule has 149 heavy (non-hydrogen) atoms. The fraction of sp³-hybridized carbons (Fsp3) is 0.904. The monoisotopic (exact) mass is 2180 g/mol. The minimum atomic E-state index is -3.17. The molecule has 0 saturated carbocycles. The van der Waals surface area contributed by atoms with Crippen molar-refractivity contribution in [2.24, 2.45) is 0 Å². The van der Waals surface area contributed by atoms with Crippen LogP contribution >= 0.6 is 0 Å². The van der Waals surface area contributed by atoms with Crippen molar-refractivity contribution >= 4 is 47.3 Å². The predicted octanol–water partition coefficient (Wildman–Crippen LogP) is -24.8. The summed E-state index contributed by atoms with van der Waals surface area (Å²) in [5.74, 6) is -11.9. The van der Waals surface area contributed by atoms with E-state index in [1.54, 1.807) is 0 Å². The summed E-state index contributed by atoms with van der Waals surface area (Å²) in [6, 6.07) is -13.4. The lowest BCUT2D eigenvalue weighted by atomic mass is 9.88. The molecule has 66 nitrogen and oxygen atoms in total. The van der Waals surface area contributed by atoms with Crippen LogP contribution in [0.15, 0.2) is 0 Å². The van der Waals surface area contributed by atoms with Gasteiger partial charge in [0.25, 0.3) is 5.79 Å². The number of aliphatic carboxylic acids is 1. The summed E-state index contributed by atoms with van der Waals surface area (Å²) >= 11 is 0. The highest BCUT2D eigenvalue weighted by molar-refractivity contribution is 5.77. The third-order valence-corrected chi connectivity index (χ3v) is 26.7. The average Bonchev–Trinajstić information content (AvgIpc) is 0.761. The number of carbonyl (C=O) groups is 8. The second-order valence-corrected chi connectivity index (χ2v) is 37.5. The Kier molecular flexibility index (Phi) is 44.3. The van der Waals surface area contributed by atoms with Crippen LogP contribution in [0.2, 0.25) is 0 Å². The number of carboxylic acids is 1.